The Morgan fingerprint density at radius 1 is 1.16 bits per heavy atom. The molecule has 1 aromatic heterocycles. The summed E-state index contributed by atoms with van der Waals surface area (Å²) >= 11 is 1.75. The molecule has 1 N–H and O–H groups in total. The van der Waals surface area contributed by atoms with Crippen LogP contribution in [0.2, 0.25) is 0 Å². The number of aromatic nitrogens is 1. The van der Waals surface area contributed by atoms with Crippen LogP contribution in [-0.2, 0) is 0 Å². The zero-order valence-electron chi connectivity index (χ0n) is 19.1. The third-order valence-corrected chi connectivity index (χ3v) is 7.28. The van der Waals surface area contributed by atoms with Gasteiger partial charge >= 0.3 is 6.03 Å². The number of methoxy groups -OCH3 is 2. The molecule has 2 atom stereocenters. The Labute approximate surface area is 193 Å². The van der Waals surface area contributed by atoms with E-state index in [1.54, 1.807) is 25.6 Å². The van der Waals surface area contributed by atoms with Crippen LogP contribution in [0.15, 0.2) is 42.5 Å². The Bertz CT molecular complexity index is 1050. The lowest BCUT2D eigenvalue weighted by Crippen LogP contribution is -2.46. The summed E-state index contributed by atoms with van der Waals surface area (Å²) in [6.07, 6.45) is 2.05. The number of carbonyl (C=O) groups excluding carboxylic acids is 1. The van der Waals surface area contributed by atoms with Gasteiger partial charge in [0.05, 0.1) is 35.5 Å². The van der Waals surface area contributed by atoms with E-state index in [9.17, 15) is 4.79 Å². The molecular formula is C25H31N3O3S. The quantitative estimate of drug-likeness (QED) is 0.528. The Balaban J connectivity index is 1.48. The average Bonchev–Trinajstić information content (AvgIpc) is 3.26. The zero-order valence-corrected chi connectivity index (χ0v) is 19.9. The summed E-state index contributed by atoms with van der Waals surface area (Å²) in [7, 11) is 3.25. The molecule has 32 heavy (non-hydrogen) atoms. The van der Waals surface area contributed by atoms with Crippen molar-refractivity contribution in [3.63, 3.8) is 0 Å². The van der Waals surface area contributed by atoms with E-state index in [2.05, 4.69) is 31.3 Å². The molecule has 2 amide bonds. The predicted octanol–water partition coefficient (Wildman–Crippen LogP) is 5.60. The first kappa shape index (κ1) is 22.4. The number of thiazole rings is 1. The normalized spacial score (nSPS) is 17.4. The lowest BCUT2D eigenvalue weighted by molar-refractivity contribution is 0.172. The molecule has 3 aromatic rings. The number of nitrogens with zero attached hydrogens (tertiary/aromatic N) is 2. The van der Waals surface area contributed by atoms with Gasteiger partial charge in [-0.2, -0.15) is 0 Å². The summed E-state index contributed by atoms with van der Waals surface area (Å²) in [6, 6.07) is 13.9. The van der Waals surface area contributed by atoms with Crippen LogP contribution in [0.1, 0.15) is 49.2 Å². The van der Waals surface area contributed by atoms with E-state index < -0.39 is 0 Å². The van der Waals surface area contributed by atoms with Gasteiger partial charge in [-0.3, -0.25) is 0 Å². The molecule has 1 aliphatic rings. The van der Waals surface area contributed by atoms with Crippen molar-refractivity contribution >= 4 is 27.6 Å². The summed E-state index contributed by atoms with van der Waals surface area (Å²) in [6.45, 7) is 5.69. The second-order valence-corrected chi connectivity index (χ2v) is 9.65. The molecule has 2 aromatic carbocycles. The molecule has 170 valence electrons. The van der Waals surface area contributed by atoms with Crippen molar-refractivity contribution in [3.05, 3.63) is 53.0 Å². The minimum atomic E-state index is -0.120. The number of likely N-dealkylation sites (tertiary alicyclic amines) is 1. The molecule has 0 spiro atoms. The first-order chi connectivity index (χ1) is 15.5. The van der Waals surface area contributed by atoms with Crippen LogP contribution in [0, 0.1) is 5.92 Å². The number of urea groups is 1. The highest BCUT2D eigenvalue weighted by Crippen LogP contribution is 2.34. The summed E-state index contributed by atoms with van der Waals surface area (Å²) in [5, 5.41) is 4.39. The molecule has 7 heteroatoms. The number of para-hydroxylation sites is 1. The summed E-state index contributed by atoms with van der Waals surface area (Å²) < 4.78 is 12.0. The molecule has 0 saturated carbocycles. The molecule has 0 aliphatic carbocycles. The molecule has 0 bridgehead atoms. The number of carbonyl (C=O) groups is 1. The first-order valence-electron chi connectivity index (χ1n) is 11.1. The van der Waals surface area contributed by atoms with Crippen LogP contribution in [0.25, 0.3) is 10.2 Å². The molecule has 0 unspecified atom stereocenters. The van der Waals surface area contributed by atoms with Gasteiger partial charge in [0.25, 0.3) is 0 Å². The molecule has 4 rings (SSSR count). The fraction of sp³-hybridized carbons (Fsp3) is 0.440. The van der Waals surface area contributed by atoms with Gasteiger partial charge in [-0.05, 0) is 48.6 Å². The molecule has 6 nitrogen and oxygen atoms in total. The standard InChI is InChI=1S/C25H31N3O3S/c1-16(2)23(17-11-12-20(30-3)21(14-17)31-4)27-25(29)28-13-7-8-18(15-28)24-26-19-9-5-6-10-22(19)32-24/h5-6,9-12,14,16,18,23H,7-8,13,15H2,1-4H3,(H,27,29)/t18-,23-/m0/s1. The smallest absolute Gasteiger partial charge is 0.317 e. The Morgan fingerprint density at radius 3 is 2.66 bits per heavy atom. The molecule has 2 heterocycles. The maximum absolute atomic E-state index is 13.3. The van der Waals surface area contributed by atoms with Crippen molar-refractivity contribution in [2.75, 3.05) is 27.3 Å². The van der Waals surface area contributed by atoms with E-state index in [-0.39, 0.29) is 23.9 Å². The number of nitrogens with one attached hydrogen (secondary N) is 1. The average molecular weight is 454 g/mol. The monoisotopic (exact) mass is 453 g/mol. The van der Waals surface area contributed by atoms with E-state index in [1.165, 1.54) is 4.70 Å². The SMILES string of the molecule is COc1ccc([C@@H](NC(=O)N2CCC[C@H](c3nc4ccccc4s3)C2)C(C)C)cc1OC. The Hall–Kier alpha value is -2.80. The van der Waals surface area contributed by atoms with Crippen LogP contribution in [-0.4, -0.2) is 43.2 Å². The van der Waals surface area contributed by atoms with Crippen molar-refractivity contribution in [1.29, 1.82) is 0 Å². The van der Waals surface area contributed by atoms with Crippen molar-refractivity contribution in [2.24, 2.45) is 5.92 Å². The van der Waals surface area contributed by atoms with E-state index in [4.69, 9.17) is 14.5 Å². The minimum absolute atomic E-state index is 0.0238. The van der Waals surface area contributed by atoms with E-state index in [0.717, 1.165) is 35.5 Å². The van der Waals surface area contributed by atoms with Crippen LogP contribution >= 0.6 is 11.3 Å². The van der Waals surface area contributed by atoms with E-state index >= 15 is 0 Å². The lowest BCUT2D eigenvalue weighted by atomic mass is 9.95. The van der Waals surface area contributed by atoms with Crippen molar-refractivity contribution in [3.8, 4) is 11.5 Å². The maximum atomic E-state index is 13.3. The number of benzene rings is 2. The predicted molar refractivity (Wildman–Crippen MR) is 129 cm³/mol. The van der Waals surface area contributed by atoms with Gasteiger partial charge in [0.2, 0.25) is 0 Å². The minimum Gasteiger partial charge on any atom is -0.493 e. The van der Waals surface area contributed by atoms with Crippen LogP contribution in [0.5, 0.6) is 11.5 Å². The van der Waals surface area contributed by atoms with Crippen molar-refractivity contribution in [1.82, 2.24) is 15.2 Å². The number of piperidine rings is 1. The maximum Gasteiger partial charge on any atom is 0.317 e. The van der Waals surface area contributed by atoms with Gasteiger partial charge in [-0.15, -0.1) is 11.3 Å². The van der Waals surface area contributed by atoms with Gasteiger partial charge in [0, 0.05) is 19.0 Å². The zero-order chi connectivity index (χ0) is 22.7. The molecule has 0 radical (unpaired) electrons. The lowest BCUT2D eigenvalue weighted by Gasteiger charge is -2.34. The third kappa shape index (κ3) is 4.67. The molecule has 1 saturated heterocycles. The van der Waals surface area contributed by atoms with Gasteiger partial charge in [0.15, 0.2) is 11.5 Å². The highest BCUT2D eigenvalue weighted by Gasteiger charge is 2.29. The summed E-state index contributed by atoms with van der Waals surface area (Å²) in [4.78, 5) is 20.0. The fourth-order valence-electron chi connectivity index (χ4n) is 4.33. The summed E-state index contributed by atoms with van der Waals surface area (Å²) in [5.74, 6) is 1.85. The van der Waals surface area contributed by atoms with Gasteiger partial charge in [0.1, 0.15) is 0 Å². The van der Waals surface area contributed by atoms with Crippen molar-refractivity contribution < 1.29 is 14.3 Å². The fourth-order valence-corrected chi connectivity index (χ4v) is 5.43. The molecule has 1 aliphatic heterocycles. The van der Waals surface area contributed by atoms with Gasteiger partial charge < -0.3 is 19.7 Å². The van der Waals surface area contributed by atoms with Crippen LogP contribution in [0.4, 0.5) is 4.79 Å². The number of ether oxygens (including phenoxy) is 2. The molecular weight excluding hydrogens is 422 g/mol. The summed E-state index contributed by atoms with van der Waals surface area (Å²) in [5.41, 5.74) is 2.05. The topological polar surface area (TPSA) is 63.7 Å². The second kappa shape index (κ2) is 9.77. The highest BCUT2D eigenvalue weighted by atomic mass is 32.1. The Kier molecular flexibility index (Phi) is 6.84. The number of fused-ring (bicyclic) bond motifs is 1. The third-order valence-electron chi connectivity index (χ3n) is 6.08. The van der Waals surface area contributed by atoms with Crippen LogP contribution in [0.3, 0.4) is 0 Å². The number of hydrogen-bond donors (Lipinski definition) is 1. The number of amides is 2. The van der Waals surface area contributed by atoms with Gasteiger partial charge in [-0.1, -0.05) is 32.0 Å². The molecule has 1 fully saturated rings. The number of hydrogen-bond acceptors (Lipinski definition) is 5. The second-order valence-electron chi connectivity index (χ2n) is 8.59. The van der Waals surface area contributed by atoms with E-state index in [0.29, 0.717) is 18.0 Å². The number of rotatable bonds is 6. The van der Waals surface area contributed by atoms with Crippen molar-refractivity contribution in [2.45, 2.75) is 38.6 Å². The van der Waals surface area contributed by atoms with Gasteiger partial charge in [-0.25, -0.2) is 9.78 Å². The van der Waals surface area contributed by atoms with E-state index in [1.807, 2.05) is 35.2 Å². The largest absolute Gasteiger partial charge is 0.493 e. The van der Waals surface area contributed by atoms with Crippen LogP contribution < -0.4 is 14.8 Å². The first-order valence-corrected chi connectivity index (χ1v) is 11.9. The highest BCUT2D eigenvalue weighted by molar-refractivity contribution is 7.18. The Morgan fingerprint density at radius 2 is 1.94 bits per heavy atom.